The third-order valence-electron chi connectivity index (χ3n) is 2.97. The van der Waals surface area contributed by atoms with Crippen molar-refractivity contribution in [2.24, 2.45) is 5.92 Å². The fraction of sp³-hybridized carbons (Fsp3) is 0.308. The van der Waals surface area contributed by atoms with E-state index < -0.39 is 0 Å². The molecule has 1 aromatic carbocycles. The highest BCUT2D eigenvalue weighted by atomic mass is 79.9. The van der Waals surface area contributed by atoms with Crippen molar-refractivity contribution >= 4 is 39.1 Å². The molecule has 1 amide bonds. The lowest BCUT2D eigenvalue weighted by atomic mass is 10.1. The number of amides is 1. The van der Waals surface area contributed by atoms with Crippen LogP contribution in [0.15, 0.2) is 29.3 Å². The third kappa shape index (κ3) is 2.40. The summed E-state index contributed by atoms with van der Waals surface area (Å²) in [7, 11) is 1.57. The number of ether oxygens (including phenoxy) is 1. The molecular weight excluding hydrogens is 318 g/mol. The minimum atomic E-state index is 0.0624. The van der Waals surface area contributed by atoms with Crippen LogP contribution in [0.5, 0.6) is 5.75 Å². The lowest BCUT2D eigenvalue weighted by Crippen LogP contribution is -2.25. The van der Waals surface area contributed by atoms with Crippen molar-refractivity contribution < 1.29 is 9.53 Å². The Morgan fingerprint density at radius 3 is 2.89 bits per heavy atom. The van der Waals surface area contributed by atoms with Crippen LogP contribution in [0.2, 0.25) is 5.02 Å². The summed E-state index contributed by atoms with van der Waals surface area (Å²) in [6.45, 7) is 4.35. The van der Waals surface area contributed by atoms with Crippen LogP contribution in [0.4, 0.5) is 5.69 Å². The second kappa shape index (κ2) is 5.33. The molecule has 1 heterocycles. The Hall–Kier alpha value is -1.00. The van der Waals surface area contributed by atoms with E-state index in [1.807, 2.05) is 6.08 Å². The summed E-state index contributed by atoms with van der Waals surface area (Å²) in [6.07, 6.45) is 2.29. The zero-order valence-electron chi connectivity index (χ0n) is 9.95. The van der Waals surface area contributed by atoms with Crippen LogP contribution < -0.4 is 9.64 Å². The summed E-state index contributed by atoms with van der Waals surface area (Å²) < 4.78 is 6.07. The molecule has 1 aliphatic heterocycles. The maximum Gasteiger partial charge on any atom is 0.227 e. The Morgan fingerprint density at radius 2 is 2.33 bits per heavy atom. The van der Waals surface area contributed by atoms with E-state index in [1.54, 1.807) is 24.1 Å². The zero-order chi connectivity index (χ0) is 13.3. The molecule has 0 bridgehead atoms. The van der Waals surface area contributed by atoms with E-state index in [0.29, 0.717) is 29.4 Å². The van der Waals surface area contributed by atoms with Gasteiger partial charge in [0.2, 0.25) is 5.91 Å². The number of halogens is 2. The minimum Gasteiger partial charge on any atom is -0.493 e. The van der Waals surface area contributed by atoms with Crippen LogP contribution in [0.25, 0.3) is 0 Å². The lowest BCUT2D eigenvalue weighted by molar-refractivity contribution is -0.117. The first-order chi connectivity index (χ1) is 8.56. The van der Waals surface area contributed by atoms with E-state index in [1.165, 1.54) is 0 Å². The number of carbonyl (C=O) groups excluding carboxylic acids is 1. The van der Waals surface area contributed by atoms with Crippen LogP contribution in [-0.2, 0) is 4.79 Å². The Kier molecular flexibility index (Phi) is 3.97. The van der Waals surface area contributed by atoms with Crippen LogP contribution in [0, 0.1) is 5.92 Å². The first-order valence-electron chi connectivity index (χ1n) is 5.52. The molecule has 2 rings (SSSR count). The van der Waals surface area contributed by atoms with E-state index >= 15 is 0 Å². The summed E-state index contributed by atoms with van der Waals surface area (Å²) in [6, 6.07) is 3.49. The van der Waals surface area contributed by atoms with Gasteiger partial charge in [0, 0.05) is 23.9 Å². The van der Waals surface area contributed by atoms with Gasteiger partial charge in [0.1, 0.15) is 0 Å². The summed E-state index contributed by atoms with van der Waals surface area (Å²) >= 11 is 9.42. The zero-order valence-corrected chi connectivity index (χ0v) is 12.3. The topological polar surface area (TPSA) is 29.5 Å². The van der Waals surface area contributed by atoms with Gasteiger partial charge >= 0.3 is 0 Å². The molecule has 0 aromatic heterocycles. The summed E-state index contributed by atoms with van der Waals surface area (Å²) in [4.78, 5) is 13.7. The second-order valence-corrected chi connectivity index (χ2v) is 5.44. The molecule has 96 valence electrons. The summed E-state index contributed by atoms with van der Waals surface area (Å²) in [5, 5.41) is 0.563. The molecular formula is C13H13BrClNO2. The maximum atomic E-state index is 12.0. The fourth-order valence-corrected chi connectivity index (χ4v) is 3.03. The molecule has 18 heavy (non-hydrogen) atoms. The van der Waals surface area contributed by atoms with Crippen molar-refractivity contribution in [1.29, 1.82) is 0 Å². The molecule has 1 saturated heterocycles. The largest absolute Gasteiger partial charge is 0.493 e. The maximum absolute atomic E-state index is 12.0. The molecule has 5 heteroatoms. The average molecular weight is 331 g/mol. The molecule has 0 N–H and O–H groups in total. The smallest absolute Gasteiger partial charge is 0.227 e. The molecule has 1 aromatic rings. The molecule has 0 spiro atoms. The van der Waals surface area contributed by atoms with Gasteiger partial charge in [-0.25, -0.2) is 0 Å². The number of anilines is 1. The van der Waals surface area contributed by atoms with E-state index in [9.17, 15) is 4.79 Å². The molecule has 1 atom stereocenters. The van der Waals surface area contributed by atoms with Gasteiger partial charge in [-0.15, -0.1) is 6.58 Å². The van der Waals surface area contributed by atoms with Gasteiger partial charge < -0.3 is 9.64 Å². The SMILES string of the molecule is C=CC1CC(=O)N(c2cc(Cl)cc(Br)c2OC)C1. The second-order valence-electron chi connectivity index (χ2n) is 4.14. The van der Waals surface area contributed by atoms with Crippen molar-refractivity contribution in [2.45, 2.75) is 6.42 Å². The molecule has 3 nitrogen and oxygen atoms in total. The van der Waals surface area contributed by atoms with Crippen molar-refractivity contribution in [3.05, 3.63) is 34.3 Å². The van der Waals surface area contributed by atoms with Gasteiger partial charge in [-0.2, -0.15) is 0 Å². The number of carbonyl (C=O) groups is 1. The summed E-state index contributed by atoms with van der Waals surface area (Å²) in [5.74, 6) is 0.866. The van der Waals surface area contributed by atoms with Gasteiger partial charge in [-0.1, -0.05) is 17.7 Å². The number of methoxy groups -OCH3 is 1. The van der Waals surface area contributed by atoms with E-state index in [2.05, 4.69) is 22.5 Å². The Balaban J connectivity index is 2.44. The highest BCUT2D eigenvalue weighted by Crippen LogP contribution is 2.40. The predicted octanol–water partition coefficient (Wildman–Crippen LogP) is 3.65. The van der Waals surface area contributed by atoms with Gasteiger partial charge in [-0.05, 0) is 28.1 Å². The molecule has 1 aliphatic rings. The highest BCUT2D eigenvalue weighted by molar-refractivity contribution is 9.10. The van der Waals surface area contributed by atoms with E-state index in [-0.39, 0.29) is 11.8 Å². The molecule has 0 saturated carbocycles. The van der Waals surface area contributed by atoms with Crippen LogP contribution in [-0.4, -0.2) is 19.6 Å². The lowest BCUT2D eigenvalue weighted by Gasteiger charge is -2.20. The first-order valence-corrected chi connectivity index (χ1v) is 6.70. The minimum absolute atomic E-state index is 0.0624. The van der Waals surface area contributed by atoms with Gasteiger partial charge in [-0.3, -0.25) is 4.79 Å². The number of benzene rings is 1. The quantitative estimate of drug-likeness (QED) is 0.792. The van der Waals surface area contributed by atoms with Crippen LogP contribution >= 0.6 is 27.5 Å². The van der Waals surface area contributed by atoms with E-state index in [4.69, 9.17) is 16.3 Å². The van der Waals surface area contributed by atoms with Crippen molar-refractivity contribution in [3.63, 3.8) is 0 Å². The van der Waals surface area contributed by atoms with Crippen LogP contribution in [0.3, 0.4) is 0 Å². The number of rotatable bonds is 3. The van der Waals surface area contributed by atoms with Crippen molar-refractivity contribution in [3.8, 4) is 5.75 Å². The third-order valence-corrected chi connectivity index (χ3v) is 3.78. The standard InChI is InChI=1S/C13H13BrClNO2/c1-3-8-4-12(17)16(7-8)11-6-9(15)5-10(14)13(11)18-2/h3,5-6,8H,1,4,7H2,2H3. The van der Waals surface area contributed by atoms with Crippen molar-refractivity contribution in [1.82, 2.24) is 0 Å². The first kappa shape index (κ1) is 13.4. The van der Waals surface area contributed by atoms with Gasteiger partial charge in [0.25, 0.3) is 0 Å². The van der Waals surface area contributed by atoms with E-state index in [0.717, 1.165) is 4.47 Å². The predicted molar refractivity (Wildman–Crippen MR) is 76.4 cm³/mol. The van der Waals surface area contributed by atoms with Gasteiger partial charge in [0.15, 0.2) is 5.75 Å². The van der Waals surface area contributed by atoms with Crippen LogP contribution in [0.1, 0.15) is 6.42 Å². The monoisotopic (exact) mass is 329 g/mol. The summed E-state index contributed by atoms with van der Waals surface area (Å²) in [5.41, 5.74) is 0.700. The average Bonchev–Trinajstić information content (AvgIpc) is 2.69. The van der Waals surface area contributed by atoms with Gasteiger partial charge in [0.05, 0.1) is 17.3 Å². The molecule has 0 aliphatic carbocycles. The highest BCUT2D eigenvalue weighted by Gasteiger charge is 2.31. The fourth-order valence-electron chi connectivity index (χ4n) is 2.08. The Labute approximate surface area is 119 Å². The normalized spacial score (nSPS) is 19.2. The van der Waals surface area contributed by atoms with Crippen molar-refractivity contribution in [2.75, 3.05) is 18.6 Å². The molecule has 0 radical (unpaired) electrons. The molecule has 1 unspecified atom stereocenters. The Morgan fingerprint density at radius 1 is 1.61 bits per heavy atom. The number of nitrogens with zero attached hydrogens (tertiary/aromatic N) is 1. The number of hydrogen-bond donors (Lipinski definition) is 0. The molecule has 1 fully saturated rings. The Bertz CT molecular complexity index is 504. The number of hydrogen-bond acceptors (Lipinski definition) is 2.